The minimum absolute atomic E-state index is 0.00610. The van der Waals surface area contributed by atoms with Gasteiger partial charge in [-0.2, -0.15) is 0 Å². The molecule has 1 aliphatic heterocycles. The Kier molecular flexibility index (Phi) is 6.89. The van der Waals surface area contributed by atoms with Crippen LogP contribution in [0.1, 0.15) is 54.0 Å². The quantitative estimate of drug-likeness (QED) is 0.422. The van der Waals surface area contributed by atoms with Gasteiger partial charge >= 0.3 is 0 Å². The topological polar surface area (TPSA) is 6.48 Å². The molecule has 5 rings (SSSR count). The van der Waals surface area contributed by atoms with Gasteiger partial charge in [0, 0.05) is 32.7 Å². The molecule has 0 N–H and O–H groups in total. The third-order valence-electron chi connectivity index (χ3n) is 7.42. The van der Waals surface area contributed by atoms with Crippen molar-refractivity contribution < 1.29 is 8.78 Å². The summed E-state index contributed by atoms with van der Waals surface area (Å²) >= 11 is 0. The maximum Gasteiger partial charge on any atom is 0.123 e. The van der Waals surface area contributed by atoms with Gasteiger partial charge in [-0.3, -0.25) is 9.80 Å². The van der Waals surface area contributed by atoms with Crippen LogP contribution in [0.5, 0.6) is 0 Å². The first-order valence-corrected chi connectivity index (χ1v) is 12.3. The fourth-order valence-electron chi connectivity index (χ4n) is 5.44. The van der Waals surface area contributed by atoms with Crippen LogP contribution in [0.4, 0.5) is 8.78 Å². The molecule has 3 aromatic rings. The van der Waals surface area contributed by atoms with Crippen LogP contribution in [0.3, 0.4) is 0 Å². The van der Waals surface area contributed by atoms with Crippen molar-refractivity contribution in [1.29, 1.82) is 0 Å². The van der Waals surface area contributed by atoms with E-state index in [-0.39, 0.29) is 17.7 Å². The lowest BCUT2D eigenvalue weighted by atomic mass is 9.81. The summed E-state index contributed by atoms with van der Waals surface area (Å²) < 4.78 is 27.2. The van der Waals surface area contributed by atoms with Crippen molar-refractivity contribution in [1.82, 2.24) is 9.80 Å². The Balaban J connectivity index is 1.28. The summed E-state index contributed by atoms with van der Waals surface area (Å²) in [5, 5.41) is 0. The average molecular weight is 459 g/mol. The van der Waals surface area contributed by atoms with Crippen LogP contribution in [-0.4, -0.2) is 42.5 Å². The Morgan fingerprint density at radius 3 is 2.03 bits per heavy atom. The second-order valence-electron chi connectivity index (χ2n) is 9.60. The van der Waals surface area contributed by atoms with Crippen LogP contribution in [0, 0.1) is 11.6 Å². The molecule has 1 unspecified atom stereocenters. The number of hydrogen-bond donors (Lipinski definition) is 0. The van der Waals surface area contributed by atoms with Crippen molar-refractivity contribution in [3.05, 3.63) is 113 Å². The molecule has 34 heavy (non-hydrogen) atoms. The maximum atomic E-state index is 13.6. The normalized spacial score (nSPS) is 20.6. The van der Waals surface area contributed by atoms with Crippen LogP contribution in [0.15, 0.2) is 78.9 Å². The fraction of sp³-hybridized carbons (Fsp3) is 0.333. The van der Waals surface area contributed by atoms with E-state index in [1.165, 1.54) is 47.4 Å². The zero-order valence-corrected chi connectivity index (χ0v) is 19.8. The fourth-order valence-corrected chi connectivity index (χ4v) is 5.44. The Labute approximate surface area is 201 Å². The summed E-state index contributed by atoms with van der Waals surface area (Å²) in [5.41, 5.74) is 6.46. The molecule has 0 bridgehead atoms. The third-order valence-corrected chi connectivity index (χ3v) is 7.42. The molecule has 0 spiro atoms. The van der Waals surface area contributed by atoms with Gasteiger partial charge < -0.3 is 0 Å². The highest BCUT2D eigenvalue weighted by atomic mass is 19.1. The van der Waals surface area contributed by atoms with Crippen molar-refractivity contribution in [2.24, 2.45) is 0 Å². The molecule has 1 aliphatic carbocycles. The number of halogens is 2. The number of nitrogens with zero attached hydrogens (tertiary/aromatic N) is 2. The van der Waals surface area contributed by atoms with E-state index >= 15 is 0 Å². The Morgan fingerprint density at radius 1 is 0.824 bits per heavy atom. The van der Waals surface area contributed by atoms with Gasteiger partial charge in [-0.25, -0.2) is 8.78 Å². The summed E-state index contributed by atoms with van der Waals surface area (Å²) in [4.78, 5) is 4.94. The molecular formula is C30H32F2N2. The largest absolute Gasteiger partial charge is 0.297 e. The minimum atomic E-state index is -0.238. The minimum Gasteiger partial charge on any atom is -0.297 e. The number of hydrogen-bond acceptors (Lipinski definition) is 2. The second kappa shape index (κ2) is 10.2. The van der Waals surface area contributed by atoms with Gasteiger partial charge in [-0.05, 0) is 70.9 Å². The van der Waals surface area contributed by atoms with Crippen LogP contribution in [0.2, 0.25) is 0 Å². The van der Waals surface area contributed by atoms with E-state index in [9.17, 15) is 8.78 Å². The predicted molar refractivity (Wildman–Crippen MR) is 135 cm³/mol. The van der Waals surface area contributed by atoms with Crippen molar-refractivity contribution in [3.63, 3.8) is 0 Å². The lowest BCUT2D eigenvalue weighted by Crippen LogP contribution is -2.47. The molecule has 3 aromatic carbocycles. The van der Waals surface area contributed by atoms with E-state index in [4.69, 9.17) is 0 Å². The number of piperazine rings is 1. The highest BCUT2D eigenvalue weighted by Crippen LogP contribution is 2.37. The summed E-state index contributed by atoms with van der Waals surface area (Å²) in [5.74, 6) is 0.156. The monoisotopic (exact) mass is 458 g/mol. The lowest BCUT2D eigenvalue weighted by Gasteiger charge is -2.39. The molecule has 1 atom stereocenters. The molecule has 2 aliphatic rings. The number of allylic oxidation sites excluding steroid dienone is 1. The Morgan fingerprint density at radius 2 is 1.41 bits per heavy atom. The highest BCUT2D eigenvalue weighted by molar-refractivity contribution is 5.70. The van der Waals surface area contributed by atoms with E-state index in [2.05, 4.69) is 47.1 Å². The standard InChI is InChI=1S/C30H32F2N2/c1-22-6-7-23(29-5-3-2-4-28(22)29)16-17-33-18-20-34(21-19-33)30(24-8-12-26(31)13-9-24)25-10-14-27(32)15-11-25/h2-5,8-16,22,30H,6-7,17-21H2,1H3/b23-16-. The number of rotatable bonds is 5. The van der Waals surface area contributed by atoms with Gasteiger partial charge in [0.15, 0.2) is 0 Å². The van der Waals surface area contributed by atoms with Crippen LogP contribution in [0.25, 0.3) is 5.57 Å². The summed E-state index contributed by atoms with van der Waals surface area (Å²) in [6, 6.07) is 22.3. The Bertz CT molecular complexity index is 1080. The van der Waals surface area contributed by atoms with Crippen LogP contribution < -0.4 is 0 Å². The smallest absolute Gasteiger partial charge is 0.123 e. The molecule has 1 heterocycles. The number of benzene rings is 3. The van der Waals surface area contributed by atoms with Gasteiger partial charge in [0.05, 0.1) is 6.04 Å². The first-order valence-electron chi connectivity index (χ1n) is 12.3. The molecule has 1 saturated heterocycles. The summed E-state index contributed by atoms with van der Waals surface area (Å²) in [6.45, 7) is 7.06. The lowest BCUT2D eigenvalue weighted by molar-refractivity contribution is 0.117. The van der Waals surface area contributed by atoms with E-state index in [1.807, 2.05) is 24.3 Å². The van der Waals surface area contributed by atoms with Gasteiger partial charge in [0.25, 0.3) is 0 Å². The van der Waals surface area contributed by atoms with Crippen molar-refractivity contribution >= 4 is 5.57 Å². The SMILES string of the molecule is CC1CC/C(=C/CN2CCN(C(c3ccc(F)cc3)c3ccc(F)cc3)CC2)c2ccccc21. The van der Waals surface area contributed by atoms with Crippen molar-refractivity contribution in [2.75, 3.05) is 32.7 Å². The van der Waals surface area contributed by atoms with Gasteiger partial charge in [-0.15, -0.1) is 0 Å². The molecule has 176 valence electrons. The van der Waals surface area contributed by atoms with Gasteiger partial charge in [0.1, 0.15) is 11.6 Å². The molecule has 0 aromatic heterocycles. The third kappa shape index (κ3) is 4.98. The van der Waals surface area contributed by atoms with Crippen molar-refractivity contribution in [3.8, 4) is 0 Å². The maximum absolute atomic E-state index is 13.6. The second-order valence-corrected chi connectivity index (χ2v) is 9.60. The van der Waals surface area contributed by atoms with E-state index in [0.717, 1.165) is 50.3 Å². The average Bonchev–Trinajstić information content (AvgIpc) is 2.87. The highest BCUT2D eigenvalue weighted by Gasteiger charge is 2.27. The molecule has 1 fully saturated rings. The van der Waals surface area contributed by atoms with Crippen molar-refractivity contribution in [2.45, 2.75) is 31.7 Å². The van der Waals surface area contributed by atoms with Gasteiger partial charge in [0.2, 0.25) is 0 Å². The van der Waals surface area contributed by atoms with Crippen LogP contribution >= 0.6 is 0 Å². The first-order chi connectivity index (χ1) is 16.6. The Hall–Kier alpha value is -2.82. The molecule has 4 heteroatoms. The molecule has 0 saturated carbocycles. The molecule has 0 radical (unpaired) electrons. The zero-order chi connectivity index (χ0) is 23.5. The summed E-state index contributed by atoms with van der Waals surface area (Å²) in [7, 11) is 0. The predicted octanol–water partition coefficient (Wildman–Crippen LogP) is 6.65. The van der Waals surface area contributed by atoms with Crippen LogP contribution in [-0.2, 0) is 0 Å². The van der Waals surface area contributed by atoms with Gasteiger partial charge in [-0.1, -0.05) is 61.5 Å². The van der Waals surface area contributed by atoms with E-state index < -0.39 is 0 Å². The molecule has 0 amide bonds. The number of fused-ring (bicyclic) bond motifs is 1. The van der Waals surface area contributed by atoms with E-state index in [0.29, 0.717) is 5.92 Å². The zero-order valence-electron chi connectivity index (χ0n) is 19.8. The molecule has 2 nitrogen and oxygen atoms in total. The summed E-state index contributed by atoms with van der Waals surface area (Å²) in [6.07, 6.45) is 4.79. The van der Waals surface area contributed by atoms with E-state index in [1.54, 1.807) is 0 Å². The molecular weight excluding hydrogens is 426 g/mol. The first kappa shape index (κ1) is 22.9.